The number of piperazine rings is 1. The Hall–Kier alpha value is -2.25. The van der Waals surface area contributed by atoms with Crippen LogP contribution in [0.25, 0.3) is 0 Å². The van der Waals surface area contributed by atoms with Gasteiger partial charge >= 0.3 is 0 Å². The van der Waals surface area contributed by atoms with E-state index in [1.165, 1.54) is 12.1 Å². The van der Waals surface area contributed by atoms with Crippen molar-refractivity contribution in [1.29, 1.82) is 0 Å². The summed E-state index contributed by atoms with van der Waals surface area (Å²) in [6, 6.07) is 13.4. The highest BCUT2D eigenvalue weighted by molar-refractivity contribution is 9.10. The molecule has 0 unspecified atom stereocenters. The lowest BCUT2D eigenvalue weighted by atomic mass is 10.1. The average Bonchev–Trinajstić information content (AvgIpc) is 2.64. The molecule has 2 amide bonds. The van der Waals surface area contributed by atoms with Gasteiger partial charge in [0.05, 0.1) is 31.7 Å². The van der Waals surface area contributed by atoms with Gasteiger partial charge in [0, 0.05) is 10.2 Å². The van der Waals surface area contributed by atoms with E-state index in [1.54, 1.807) is 17.0 Å². The van der Waals surface area contributed by atoms with Gasteiger partial charge in [0.25, 0.3) is 11.8 Å². The molecule has 1 aliphatic heterocycles. The second kappa shape index (κ2) is 8.42. The van der Waals surface area contributed by atoms with Crippen molar-refractivity contribution in [2.45, 2.75) is 0 Å². The minimum atomic E-state index is -0.499. The summed E-state index contributed by atoms with van der Waals surface area (Å²) in [5.41, 5.74) is 0.856. The van der Waals surface area contributed by atoms with E-state index in [9.17, 15) is 14.0 Å². The van der Waals surface area contributed by atoms with Crippen LogP contribution in [0.2, 0.25) is 0 Å². The Morgan fingerprint density at radius 1 is 1.08 bits per heavy atom. The predicted molar refractivity (Wildman–Crippen MR) is 101 cm³/mol. The van der Waals surface area contributed by atoms with Gasteiger partial charge in [-0.05, 0) is 36.4 Å². The highest BCUT2D eigenvalue weighted by Gasteiger charge is 2.27. The number of hydrogen-bond acceptors (Lipinski definition) is 2. The van der Waals surface area contributed by atoms with Crippen LogP contribution in [0.3, 0.4) is 0 Å². The van der Waals surface area contributed by atoms with Crippen molar-refractivity contribution in [2.75, 3.05) is 38.0 Å². The lowest BCUT2D eigenvalue weighted by Gasteiger charge is -2.32. The monoisotopic (exact) mass is 420 g/mol. The fourth-order valence-electron chi connectivity index (χ4n) is 2.97. The molecule has 0 radical (unpaired) electrons. The zero-order valence-electron chi connectivity index (χ0n) is 14.2. The Labute approximate surface area is 159 Å². The zero-order valence-corrected chi connectivity index (χ0v) is 15.8. The van der Waals surface area contributed by atoms with Crippen LogP contribution < -0.4 is 10.2 Å². The molecule has 0 saturated carbocycles. The molecule has 136 valence electrons. The Bertz CT molecular complexity index is 790. The largest absolute Gasteiger partial charge is 0.327 e. The van der Waals surface area contributed by atoms with Crippen molar-refractivity contribution in [3.05, 3.63) is 64.4 Å². The molecular formula is C19H20BrFN3O2+. The summed E-state index contributed by atoms with van der Waals surface area (Å²) >= 11 is 3.36. The number of quaternary nitrogens is 1. The fourth-order valence-corrected chi connectivity index (χ4v) is 3.24. The minimum absolute atomic E-state index is 0.0591. The zero-order chi connectivity index (χ0) is 18.5. The molecule has 1 heterocycles. The second-order valence-electron chi connectivity index (χ2n) is 6.25. The van der Waals surface area contributed by atoms with E-state index in [-0.39, 0.29) is 17.4 Å². The van der Waals surface area contributed by atoms with Crippen LogP contribution in [0.15, 0.2) is 53.0 Å². The van der Waals surface area contributed by atoms with Gasteiger partial charge in [0.1, 0.15) is 5.82 Å². The molecule has 7 heteroatoms. The molecule has 0 atom stereocenters. The van der Waals surface area contributed by atoms with Crippen molar-refractivity contribution in [3.63, 3.8) is 0 Å². The van der Waals surface area contributed by atoms with E-state index in [1.807, 2.05) is 24.3 Å². The van der Waals surface area contributed by atoms with Crippen molar-refractivity contribution in [3.8, 4) is 0 Å². The fraction of sp³-hybridized carbons (Fsp3) is 0.263. The maximum Gasteiger partial charge on any atom is 0.279 e. The van der Waals surface area contributed by atoms with Gasteiger partial charge in [-0.1, -0.05) is 28.1 Å². The Morgan fingerprint density at radius 2 is 1.73 bits per heavy atom. The van der Waals surface area contributed by atoms with Crippen LogP contribution >= 0.6 is 15.9 Å². The van der Waals surface area contributed by atoms with Gasteiger partial charge in [-0.3, -0.25) is 9.59 Å². The van der Waals surface area contributed by atoms with Crippen molar-refractivity contribution in [2.24, 2.45) is 0 Å². The van der Waals surface area contributed by atoms with E-state index in [4.69, 9.17) is 0 Å². The van der Waals surface area contributed by atoms with E-state index >= 15 is 0 Å². The number of hydrogen-bond donors (Lipinski definition) is 2. The Kier molecular flexibility index (Phi) is 6.00. The van der Waals surface area contributed by atoms with Crippen molar-refractivity contribution in [1.82, 2.24) is 4.90 Å². The molecule has 1 saturated heterocycles. The van der Waals surface area contributed by atoms with E-state index in [0.29, 0.717) is 32.7 Å². The average molecular weight is 421 g/mol. The molecule has 26 heavy (non-hydrogen) atoms. The number of amides is 2. The van der Waals surface area contributed by atoms with E-state index < -0.39 is 5.82 Å². The number of halogens is 2. The van der Waals surface area contributed by atoms with Gasteiger partial charge in [-0.15, -0.1) is 0 Å². The molecule has 2 N–H and O–H groups in total. The summed E-state index contributed by atoms with van der Waals surface area (Å²) in [5.74, 6) is -0.848. The number of anilines is 1. The van der Waals surface area contributed by atoms with Gasteiger partial charge in [-0.2, -0.15) is 0 Å². The van der Waals surface area contributed by atoms with Gasteiger partial charge in [-0.25, -0.2) is 4.39 Å². The first kappa shape index (κ1) is 18.5. The number of rotatable bonds is 4. The third-order valence-electron chi connectivity index (χ3n) is 4.40. The molecule has 1 aliphatic rings. The maximum absolute atomic E-state index is 13.8. The van der Waals surface area contributed by atoms with Crippen LogP contribution in [0.1, 0.15) is 10.4 Å². The van der Waals surface area contributed by atoms with E-state index in [0.717, 1.165) is 15.1 Å². The number of benzene rings is 2. The Balaban J connectivity index is 1.49. The van der Waals surface area contributed by atoms with Crippen LogP contribution in [-0.4, -0.2) is 49.4 Å². The summed E-state index contributed by atoms with van der Waals surface area (Å²) in [6.45, 7) is 2.68. The predicted octanol–water partition coefficient (Wildman–Crippen LogP) is 1.57. The first-order chi connectivity index (χ1) is 12.5. The molecule has 0 aliphatic carbocycles. The number of carbonyl (C=O) groups excluding carboxylic acids is 2. The minimum Gasteiger partial charge on any atom is -0.327 e. The first-order valence-corrected chi connectivity index (χ1v) is 9.25. The maximum atomic E-state index is 13.8. The van der Waals surface area contributed by atoms with Crippen LogP contribution in [-0.2, 0) is 4.79 Å². The second-order valence-corrected chi connectivity index (χ2v) is 7.17. The molecule has 2 aromatic rings. The molecule has 5 nitrogen and oxygen atoms in total. The molecule has 1 fully saturated rings. The highest BCUT2D eigenvalue weighted by Crippen LogP contribution is 2.14. The first-order valence-electron chi connectivity index (χ1n) is 8.46. The topological polar surface area (TPSA) is 53.9 Å². The van der Waals surface area contributed by atoms with Gasteiger partial charge < -0.3 is 15.1 Å². The quantitative estimate of drug-likeness (QED) is 0.788. The van der Waals surface area contributed by atoms with Crippen LogP contribution in [0.4, 0.5) is 10.1 Å². The van der Waals surface area contributed by atoms with Gasteiger partial charge in [0.15, 0.2) is 6.54 Å². The van der Waals surface area contributed by atoms with Crippen molar-refractivity contribution >= 4 is 33.4 Å². The number of nitrogens with one attached hydrogen (secondary N) is 2. The van der Waals surface area contributed by atoms with Crippen molar-refractivity contribution < 1.29 is 18.9 Å². The number of nitrogens with zero attached hydrogens (tertiary/aromatic N) is 1. The summed E-state index contributed by atoms with van der Waals surface area (Å²) in [5, 5.41) is 2.87. The molecular weight excluding hydrogens is 401 g/mol. The number of carbonyl (C=O) groups is 2. The third kappa shape index (κ3) is 4.68. The standard InChI is InChI=1S/C19H19BrFN3O2/c20-14-5-7-15(8-6-14)22-18(25)13-23-9-11-24(12-10-23)19(26)16-3-1-2-4-17(16)21/h1-8H,9-13H2,(H,22,25)/p+1. The van der Waals surface area contributed by atoms with Gasteiger partial charge in [0.2, 0.25) is 0 Å². The lowest BCUT2D eigenvalue weighted by Crippen LogP contribution is -3.15. The van der Waals surface area contributed by atoms with E-state index in [2.05, 4.69) is 21.2 Å². The summed E-state index contributed by atoms with van der Waals surface area (Å²) in [4.78, 5) is 27.3. The normalized spacial score (nSPS) is 14.9. The summed E-state index contributed by atoms with van der Waals surface area (Å²) in [7, 11) is 0. The summed E-state index contributed by atoms with van der Waals surface area (Å²) in [6.07, 6.45) is 0. The molecule has 0 spiro atoms. The van der Waals surface area contributed by atoms with Crippen LogP contribution in [0, 0.1) is 5.82 Å². The third-order valence-corrected chi connectivity index (χ3v) is 4.93. The Morgan fingerprint density at radius 3 is 2.38 bits per heavy atom. The molecule has 0 bridgehead atoms. The van der Waals surface area contributed by atoms with Crippen LogP contribution in [0.5, 0.6) is 0 Å². The lowest BCUT2D eigenvalue weighted by molar-refractivity contribution is -0.895. The molecule has 0 aromatic heterocycles. The SMILES string of the molecule is O=C(C[NH+]1CCN(C(=O)c2ccccc2F)CC1)Nc1ccc(Br)cc1. The highest BCUT2D eigenvalue weighted by atomic mass is 79.9. The summed E-state index contributed by atoms with van der Waals surface area (Å²) < 4.78 is 14.7. The molecule has 3 rings (SSSR count). The smallest absolute Gasteiger partial charge is 0.279 e. The molecule has 2 aromatic carbocycles.